The van der Waals surface area contributed by atoms with Gasteiger partial charge in [-0.3, -0.25) is 9.69 Å². The molecule has 5 nitrogen and oxygen atoms in total. The van der Waals surface area contributed by atoms with Crippen LogP contribution in [-0.4, -0.2) is 34.9 Å². The summed E-state index contributed by atoms with van der Waals surface area (Å²) in [5.41, 5.74) is 8.09. The number of aromatic nitrogens is 1. The summed E-state index contributed by atoms with van der Waals surface area (Å²) in [7, 11) is 0. The van der Waals surface area contributed by atoms with Crippen molar-refractivity contribution < 1.29 is 4.79 Å². The molecule has 2 aromatic rings. The number of piperidine rings is 1. The van der Waals surface area contributed by atoms with Gasteiger partial charge in [-0.15, -0.1) is 11.3 Å². The SMILES string of the molecule is NC(Cc1ccccc1)C(=O)Nc1nc(CN2CCCCC2)cs1. The standard InChI is InChI=1S/C18H24N4OS/c19-16(11-14-7-3-1-4-8-14)17(23)21-18-20-15(13-24-18)12-22-9-5-2-6-10-22/h1,3-4,7-8,13,16H,2,5-6,9-12,19H2,(H,20,21,23). The number of hydrogen-bond donors (Lipinski definition) is 2. The summed E-state index contributed by atoms with van der Waals surface area (Å²) in [6, 6.07) is 9.25. The molecule has 3 N–H and O–H groups in total. The van der Waals surface area contributed by atoms with E-state index in [1.807, 2.05) is 35.7 Å². The van der Waals surface area contributed by atoms with Crippen LogP contribution in [-0.2, 0) is 17.8 Å². The van der Waals surface area contributed by atoms with Crippen molar-refractivity contribution in [1.82, 2.24) is 9.88 Å². The minimum atomic E-state index is -0.568. The lowest BCUT2D eigenvalue weighted by Gasteiger charge is -2.25. The first-order chi connectivity index (χ1) is 11.7. The summed E-state index contributed by atoms with van der Waals surface area (Å²) in [6.07, 6.45) is 4.39. The molecule has 1 aliphatic heterocycles. The monoisotopic (exact) mass is 344 g/mol. The van der Waals surface area contributed by atoms with Crippen LogP contribution in [0.3, 0.4) is 0 Å². The largest absolute Gasteiger partial charge is 0.320 e. The molecule has 1 aromatic carbocycles. The van der Waals surface area contributed by atoms with Crippen LogP contribution >= 0.6 is 11.3 Å². The van der Waals surface area contributed by atoms with Crippen molar-refractivity contribution in [2.75, 3.05) is 18.4 Å². The fraction of sp³-hybridized carbons (Fsp3) is 0.444. The van der Waals surface area contributed by atoms with Gasteiger partial charge >= 0.3 is 0 Å². The number of nitrogens with zero attached hydrogens (tertiary/aromatic N) is 2. The first-order valence-corrected chi connectivity index (χ1v) is 9.36. The number of nitrogens with one attached hydrogen (secondary N) is 1. The number of thiazole rings is 1. The zero-order valence-electron chi connectivity index (χ0n) is 13.8. The maximum Gasteiger partial charge on any atom is 0.243 e. The zero-order valence-corrected chi connectivity index (χ0v) is 14.6. The van der Waals surface area contributed by atoms with Crippen molar-refractivity contribution in [3.63, 3.8) is 0 Å². The second-order valence-electron chi connectivity index (χ2n) is 6.27. The quantitative estimate of drug-likeness (QED) is 0.845. The number of nitrogens with two attached hydrogens (primary N) is 1. The average molecular weight is 344 g/mol. The van der Waals surface area contributed by atoms with E-state index in [9.17, 15) is 4.79 Å². The summed E-state index contributed by atoms with van der Waals surface area (Å²) >= 11 is 1.46. The van der Waals surface area contributed by atoms with E-state index in [1.165, 1.54) is 30.6 Å². The molecule has 1 atom stereocenters. The summed E-state index contributed by atoms with van der Waals surface area (Å²) in [5, 5.41) is 5.50. The maximum atomic E-state index is 12.2. The van der Waals surface area contributed by atoms with E-state index >= 15 is 0 Å². The highest BCUT2D eigenvalue weighted by atomic mass is 32.1. The second kappa shape index (κ2) is 8.37. The van der Waals surface area contributed by atoms with Gasteiger partial charge in [-0.25, -0.2) is 4.98 Å². The zero-order chi connectivity index (χ0) is 16.8. The third-order valence-corrected chi connectivity index (χ3v) is 5.06. The van der Waals surface area contributed by atoms with Crippen molar-refractivity contribution in [3.05, 3.63) is 47.0 Å². The van der Waals surface area contributed by atoms with E-state index < -0.39 is 6.04 Å². The van der Waals surface area contributed by atoms with Crippen LogP contribution in [0, 0.1) is 0 Å². The molecule has 6 heteroatoms. The minimum absolute atomic E-state index is 0.183. The Labute approximate surface area is 146 Å². The Kier molecular flexibility index (Phi) is 5.96. The van der Waals surface area contributed by atoms with Crippen molar-refractivity contribution in [3.8, 4) is 0 Å². The third kappa shape index (κ3) is 4.87. The molecule has 0 spiro atoms. The normalized spacial score (nSPS) is 16.7. The van der Waals surface area contributed by atoms with Crippen molar-refractivity contribution in [2.45, 2.75) is 38.3 Å². The lowest BCUT2D eigenvalue weighted by molar-refractivity contribution is -0.117. The lowest BCUT2D eigenvalue weighted by Crippen LogP contribution is -2.37. The minimum Gasteiger partial charge on any atom is -0.320 e. The number of benzene rings is 1. The van der Waals surface area contributed by atoms with Gasteiger partial charge in [0.1, 0.15) is 0 Å². The Hall–Kier alpha value is -1.76. The topological polar surface area (TPSA) is 71.2 Å². The lowest BCUT2D eigenvalue weighted by atomic mass is 10.1. The molecule has 128 valence electrons. The highest BCUT2D eigenvalue weighted by molar-refractivity contribution is 7.13. The average Bonchev–Trinajstić information content (AvgIpc) is 3.03. The molecule has 0 bridgehead atoms. The van der Waals surface area contributed by atoms with Gasteiger partial charge in [0, 0.05) is 11.9 Å². The van der Waals surface area contributed by atoms with Crippen molar-refractivity contribution >= 4 is 22.4 Å². The molecule has 2 heterocycles. The smallest absolute Gasteiger partial charge is 0.243 e. The van der Waals surface area contributed by atoms with Crippen molar-refractivity contribution in [2.24, 2.45) is 5.73 Å². The highest BCUT2D eigenvalue weighted by Crippen LogP contribution is 2.19. The second-order valence-corrected chi connectivity index (χ2v) is 7.12. The first-order valence-electron chi connectivity index (χ1n) is 8.48. The van der Waals surface area contributed by atoms with Crippen molar-refractivity contribution in [1.29, 1.82) is 0 Å². The summed E-state index contributed by atoms with van der Waals surface area (Å²) in [4.78, 5) is 19.2. The van der Waals surface area contributed by atoms with Crippen LogP contribution in [0.15, 0.2) is 35.7 Å². The number of anilines is 1. The Balaban J connectivity index is 1.51. The van der Waals surface area contributed by atoms with Crippen LogP contribution in [0.2, 0.25) is 0 Å². The van der Waals surface area contributed by atoms with Gasteiger partial charge in [0.2, 0.25) is 5.91 Å². The number of hydrogen-bond acceptors (Lipinski definition) is 5. The molecule has 1 aliphatic rings. The summed E-state index contributed by atoms with van der Waals surface area (Å²) in [5.74, 6) is -0.183. The number of carbonyl (C=O) groups excluding carboxylic acids is 1. The third-order valence-electron chi connectivity index (χ3n) is 4.25. The molecule has 1 aromatic heterocycles. The van der Waals surface area contributed by atoms with E-state index in [-0.39, 0.29) is 5.91 Å². The van der Waals surface area contributed by atoms with E-state index in [4.69, 9.17) is 5.73 Å². The molecule has 1 fully saturated rings. The molecule has 0 aliphatic carbocycles. The Morgan fingerprint density at radius 1 is 1.25 bits per heavy atom. The molecule has 0 saturated carbocycles. The molecule has 0 radical (unpaired) electrons. The molecule has 1 unspecified atom stereocenters. The molecule has 1 amide bonds. The fourth-order valence-electron chi connectivity index (χ4n) is 2.94. The fourth-order valence-corrected chi connectivity index (χ4v) is 3.65. The van der Waals surface area contributed by atoms with Crippen LogP contribution in [0.25, 0.3) is 0 Å². The van der Waals surface area contributed by atoms with Gasteiger partial charge in [0.05, 0.1) is 11.7 Å². The van der Waals surface area contributed by atoms with Gasteiger partial charge in [-0.05, 0) is 37.9 Å². The van der Waals surface area contributed by atoms with Gasteiger partial charge in [-0.2, -0.15) is 0 Å². The Morgan fingerprint density at radius 3 is 2.75 bits per heavy atom. The van der Waals surface area contributed by atoms with Crippen LogP contribution in [0.1, 0.15) is 30.5 Å². The Morgan fingerprint density at radius 2 is 2.00 bits per heavy atom. The van der Waals surface area contributed by atoms with Gasteiger partial charge < -0.3 is 11.1 Å². The summed E-state index contributed by atoms with van der Waals surface area (Å²) in [6.45, 7) is 3.14. The molecule has 1 saturated heterocycles. The number of amides is 1. The predicted molar refractivity (Wildman–Crippen MR) is 98.0 cm³/mol. The summed E-state index contributed by atoms with van der Waals surface area (Å²) < 4.78 is 0. The molecule has 24 heavy (non-hydrogen) atoms. The number of rotatable bonds is 6. The van der Waals surface area contributed by atoms with Gasteiger partial charge in [-0.1, -0.05) is 36.8 Å². The van der Waals surface area contributed by atoms with E-state index in [0.29, 0.717) is 11.6 Å². The van der Waals surface area contributed by atoms with Crippen LogP contribution in [0.5, 0.6) is 0 Å². The number of likely N-dealkylation sites (tertiary alicyclic amines) is 1. The van der Waals surface area contributed by atoms with E-state index in [1.54, 1.807) is 0 Å². The molecular formula is C18H24N4OS. The highest BCUT2D eigenvalue weighted by Gasteiger charge is 2.17. The number of carbonyl (C=O) groups is 1. The predicted octanol–water partition coefficient (Wildman–Crippen LogP) is 2.64. The van der Waals surface area contributed by atoms with Crippen LogP contribution < -0.4 is 11.1 Å². The van der Waals surface area contributed by atoms with Gasteiger partial charge in [0.25, 0.3) is 0 Å². The first kappa shape index (κ1) is 17.1. The van der Waals surface area contributed by atoms with Crippen LogP contribution in [0.4, 0.5) is 5.13 Å². The van der Waals surface area contributed by atoms with Gasteiger partial charge in [0.15, 0.2) is 5.13 Å². The molecular weight excluding hydrogens is 320 g/mol. The maximum absolute atomic E-state index is 12.2. The Bertz CT molecular complexity index is 652. The van der Waals surface area contributed by atoms with E-state index in [0.717, 1.165) is 30.9 Å². The van der Waals surface area contributed by atoms with E-state index in [2.05, 4.69) is 15.2 Å². The molecule has 3 rings (SSSR count).